The topological polar surface area (TPSA) is 66.5 Å². The van der Waals surface area contributed by atoms with Crippen LogP contribution < -0.4 is 4.72 Å². The summed E-state index contributed by atoms with van der Waals surface area (Å²) in [6.07, 6.45) is 1.71. The Morgan fingerprint density at radius 3 is 2.56 bits per heavy atom. The van der Waals surface area contributed by atoms with Crippen LogP contribution in [0.5, 0.6) is 0 Å². The van der Waals surface area contributed by atoms with Crippen LogP contribution in [0, 0.1) is 11.6 Å². The van der Waals surface area contributed by atoms with E-state index in [0.29, 0.717) is 37.2 Å². The highest BCUT2D eigenvalue weighted by Crippen LogP contribution is 2.21. The summed E-state index contributed by atoms with van der Waals surface area (Å²) in [4.78, 5) is 14.4. The minimum atomic E-state index is -3.25. The van der Waals surface area contributed by atoms with Crippen molar-refractivity contribution in [2.75, 3.05) is 24.6 Å². The highest BCUT2D eigenvalue weighted by atomic mass is 32.2. The van der Waals surface area contributed by atoms with E-state index in [-0.39, 0.29) is 23.5 Å². The van der Waals surface area contributed by atoms with E-state index in [9.17, 15) is 22.0 Å². The number of carbonyl (C=O) groups excluding carboxylic acids is 1. The van der Waals surface area contributed by atoms with E-state index in [4.69, 9.17) is 0 Å². The fourth-order valence-corrected chi connectivity index (χ4v) is 4.85. The Labute approximate surface area is 151 Å². The number of rotatable bonds is 7. The highest BCUT2D eigenvalue weighted by Gasteiger charge is 2.25. The number of hydrogen-bond acceptors (Lipinski definition) is 4. The molecule has 0 unspecified atom stereocenters. The summed E-state index contributed by atoms with van der Waals surface area (Å²) in [7, 11) is -3.25. The second-order valence-electron chi connectivity index (χ2n) is 5.96. The van der Waals surface area contributed by atoms with Gasteiger partial charge >= 0.3 is 0 Å². The van der Waals surface area contributed by atoms with Crippen molar-refractivity contribution in [3.05, 3.63) is 29.8 Å². The molecule has 0 aliphatic carbocycles. The number of piperidine rings is 1. The molecule has 1 heterocycles. The first-order chi connectivity index (χ1) is 11.8. The van der Waals surface area contributed by atoms with Crippen molar-refractivity contribution >= 4 is 27.7 Å². The maximum Gasteiger partial charge on any atom is 0.232 e. The van der Waals surface area contributed by atoms with Crippen molar-refractivity contribution in [3.8, 4) is 0 Å². The third-order valence-corrected chi connectivity index (χ3v) is 6.54. The maximum absolute atomic E-state index is 13.2. The molecule has 25 heavy (non-hydrogen) atoms. The standard InChI is InChI=1S/C16H22F2N2O3S2/c1-2-9-25(22,23)19-12-5-7-20(8-6-12)16(21)11-24-13-3-4-14(17)15(18)10-13/h3-4,10,12,19H,2,5-9,11H2,1H3. The highest BCUT2D eigenvalue weighted by molar-refractivity contribution is 8.00. The van der Waals surface area contributed by atoms with Crippen LogP contribution >= 0.6 is 11.8 Å². The Morgan fingerprint density at radius 1 is 1.28 bits per heavy atom. The largest absolute Gasteiger partial charge is 0.342 e. The van der Waals surface area contributed by atoms with Crippen LogP contribution in [0.2, 0.25) is 0 Å². The maximum atomic E-state index is 13.2. The smallest absolute Gasteiger partial charge is 0.232 e. The van der Waals surface area contributed by atoms with Gasteiger partial charge in [-0.3, -0.25) is 4.79 Å². The van der Waals surface area contributed by atoms with Gasteiger partial charge in [0.15, 0.2) is 11.6 Å². The lowest BCUT2D eigenvalue weighted by Crippen LogP contribution is -2.47. The molecule has 140 valence electrons. The van der Waals surface area contributed by atoms with E-state index in [0.717, 1.165) is 23.9 Å². The molecule has 0 atom stereocenters. The van der Waals surface area contributed by atoms with Gasteiger partial charge in [-0.15, -0.1) is 11.8 Å². The van der Waals surface area contributed by atoms with Gasteiger partial charge in [-0.2, -0.15) is 0 Å². The zero-order valence-corrected chi connectivity index (χ0v) is 15.6. The summed E-state index contributed by atoms with van der Waals surface area (Å²) < 4.78 is 52.3. The van der Waals surface area contributed by atoms with E-state index in [2.05, 4.69) is 4.72 Å². The van der Waals surface area contributed by atoms with Gasteiger partial charge < -0.3 is 4.90 Å². The first-order valence-corrected chi connectivity index (χ1v) is 10.8. The van der Waals surface area contributed by atoms with E-state index >= 15 is 0 Å². The number of sulfonamides is 1. The van der Waals surface area contributed by atoms with Crippen LogP contribution in [0.25, 0.3) is 0 Å². The summed E-state index contributed by atoms with van der Waals surface area (Å²) in [6, 6.07) is 3.41. The van der Waals surface area contributed by atoms with Gasteiger partial charge in [0.1, 0.15) is 0 Å². The molecule has 1 N–H and O–H groups in total. The van der Waals surface area contributed by atoms with Gasteiger partial charge in [0, 0.05) is 24.0 Å². The Bertz CT molecular complexity index is 705. The number of halogens is 2. The third kappa shape index (κ3) is 6.23. The monoisotopic (exact) mass is 392 g/mol. The quantitative estimate of drug-likeness (QED) is 0.724. The van der Waals surface area contributed by atoms with E-state index < -0.39 is 21.7 Å². The number of likely N-dealkylation sites (tertiary alicyclic amines) is 1. The molecule has 5 nitrogen and oxygen atoms in total. The van der Waals surface area contributed by atoms with Gasteiger partial charge in [0.2, 0.25) is 15.9 Å². The number of hydrogen-bond donors (Lipinski definition) is 1. The van der Waals surface area contributed by atoms with Crippen molar-refractivity contribution in [1.82, 2.24) is 9.62 Å². The molecule has 0 saturated carbocycles. The molecule has 1 fully saturated rings. The lowest BCUT2D eigenvalue weighted by Gasteiger charge is -2.32. The lowest BCUT2D eigenvalue weighted by atomic mass is 10.1. The number of nitrogens with zero attached hydrogens (tertiary/aromatic N) is 1. The van der Waals surface area contributed by atoms with Crippen LogP contribution in [-0.2, 0) is 14.8 Å². The zero-order valence-electron chi connectivity index (χ0n) is 14.0. The van der Waals surface area contributed by atoms with E-state index in [1.165, 1.54) is 6.07 Å². The summed E-state index contributed by atoms with van der Waals surface area (Å²) in [5.74, 6) is -1.69. The molecule has 2 rings (SSSR count). The third-order valence-electron chi connectivity index (χ3n) is 3.92. The molecule has 1 aromatic rings. The summed E-state index contributed by atoms with van der Waals surface area (Å²) in [5.41, 5.74) is 0. The second-order valence-corrected chi connectivity index (χ2v) is 8.88. The SMILES string of the molecule is CCCS(=O)(=O)NC1CCN(C(=O)CSc2ccc(F)c(F)c2)CC1. The van der Waals surface area contributed by atoms with Crippen LogP contribution in [-0.4, -0.2) is 49.9 Å². The van der Waals surface area contributed by atoms with Crippen molar-refractivity contribution in [3.63, 3.8) is 0 Å². The van der Waals surface area contributed by atoms with Crippen molar-refractivity contribution in [2.45, 2.75) is 37.1 Å². The molecule has 1 amide bonds. The fourth-order valence-electron chi connectivity index (χ4n) is 2.63. The Kier molecular flexibility index (Phi) is 7.21. The van der Waals surface area contributed by atoms with Gasteiger partial charge in [0.05, 0.1) is 11.5 Å². The van der Waals surface area contributed by atoms with Gasteiger partial charge in [-0.25, -0.2) is 21.9 Å². The average Bonchev–Trinajstić information content (AvgIpc) is 2.56. The van der Waals surface area contributed by atoms with Gasteiger partial charge in [-0.05, 0) is 37.5 Å². The minimum Gasteiger partial charge on any atom is -0.342 e. The summed E-state index contributed by atoms with van der Waals surface area (Å²) in [5, 5.41) is 0. The molecule has 1 aliphatic heterocycles. The Hall–Kier alpha value is -1.19. The molecule has 0 radical (unpaired) electrons. The van der Waals surface area contributed by atoms with Crippen molar-refractivity contribution in [2.24, 2.45) is 0 Å². The predicted molar refractivity (Wildman–Crippen MR) is 93.9 cm³/mol. The molecule has 1 saturated heterocycles. The first kappa shape index (κ1) is 20.1. The average molecular weight is 392 g/mol. The molecule has 0 aromatic heterocycles. The van der Waals surface area contributed by atoms with Crippen LogP contribution in [0.3, 0.4) is 0 Å². The minimum absolute atomic E-state index is 0.0930. The molecular formula is C16H22F2N2O3S2. The zero-order chi connectivity index (χ0) is 18.4. The van der Waals surface area contributed by atoms with E-state index in [1.807, 2.05) is 6.92 Å². The molecule has 1 aromatic carbocycles. The normalized spacial score (nSPS) is 16.2. The summed E-state index contributed by atoms with van der Waals surface area (Å²) in [6.45, 7) is 2.78. The molecule has 1 aliphatic rings. The number of amides is 1. The fraction of sp³-hybridized carbons (Fsp3) is 0.562. The molecule has 9 heteroatoms. The number of thioether (sulfide) groups is 1. The Balaban J connectivity index is 1.78. The number of carbonyl (C=O) groups is 1. The Morgan fingerprint density at radius 2 is 1.96 bits per heavy atom. The summed E-state index contributed by atoms with van der Waals surface area (Å²) >= 11 is 1.15. The van der Waals surface area contributed by atoms with E-state index in [1.54, 1.807) is 4.90 Å². The number of benzene rings is 1. The van der Waals surface area contributed by atoms with Crippen LogP contribution in [0.1, 0.15) is 26.2 Å². The van der Waals surface area contributed by atoms with Gasteiger partial charge in [-0.1, -0.05) is 6.92 Å². The predicted octanol–water partition coefficient (Wildman–Crippen LogP) is 2.38. The van der Waals surface area contributed by atoms with Gasteiger partial charge in [0.25, 0.3) is 0 Å². The molecule has 0 spiro atoms. The van der Waals surface area contributed by atoms with Crippen LogP contribution in [0.15, 0.2) is 23.1 Å². The second kappa shape index (κ2) is 8.95. The van der Waals surface area contributed by atoms with Crippen molar-refractivity contribution in [1.29, 1.82) is 0 Å². The van der Waals surface area contributed by atoms with Crippen molar-refractivity contribution < 1.29 is 22.0 Å². The number of nitrogens with one attached hydrogen (secondary N) is 1. The first-order valence-electron chi connectivity index (χ1n) is 8.16. The lowest BCUT2D eigenvalue weighted by molar-refractivity contribution is -0.129. The van der Waals surface area contributed by atoms with Crippen LogP contribution in [0.4, 0.5) is 8.78 Å². The molecular weight excluding hydrogens is 370 g/mol. The molecule has 0 bridgehead atoms.